The summed E-state index contributed by atoms with van der Waals surface area (Å²) < 4.78 is 5.09. The minimum absolute atomic E-state index is 0.160. The van der Waals surface area contributed by atoms with Crippen LogP contribution in [0.15, 0.2) is 24.3 Å². The topological polar surface area (TPSA) is 110 Å². The van der Waals surface area contributed by atoms with E-state index in [1.165, 1.54) is 13.2 Å². The first-order valence-corrected chi connectivity index (χ1v) is 5.50. The summed E-state index contributed by atoms with van der Waals surface area (Å²) in [6.07, 6.45) is 2.53. The SMILES string of the molecule is COc1ccc(CC(N)C(=O)O)cc1/C=C/C(=O)O. The predicted octanol–water partition coefficient (Wildman–Crippen LogP) is 0.747. The largest absolute Gasteiger partial charge is 0.496 e. The van der Waals surface area contributed by atoms with E-state index < -0.39 is 18.0 Å². The van der Waals surface area contributed by atoms with Gasteiger partial charge in [0.25, 0.3) is 0 Å². The van der Waals surface area contributed by atoms with E-state index in [-0.39, 0.29) is 6.42 Å². The molecule has 19 heavy (non-hydrogen) atoms. The molecule has 1 unspecified atom stereocenters. The molecule has 1 aromatic carbocycles. The molecule has 0 aliphatic heterocycles. The molecule has 0 saturated carbocycles. The number of nitrogens with two attached hydrogens (primary N) is 1. The molecule has 102 valence electrons. The highest BCUT2D eigenvalue weighted by Crippen LogP contribution is 2.22. The van der Waals surface area contributed by atoms with E-state index in [0.29, 0.717) is 16.9 Å². The van der Waals surface area contributed by atoms with E-state index in [1.807, 2.05) is 0 Å². The molecule has 0 bridgehead atoms. The molecule has 4 N–H and O–H groups in total. The molecule has 0 aliphatic rings. The van der Waals surface area contributed by atoms with Crippen molar-refractivity contribution < 1.29 is 24.5 Å². The van der Waals surface area contributed by atoms with Gasteiger partial charge in [0.15, 0.2) is 0 Å². The zero-order valence-electron chi connectivity index (χ0n) is 10.4. The number of hydrogen-bond donors (Lipinski definition) is 3. The summed E-state index contributed by atoms with van der Waals surface area (Å²) in [6, 6.07) is 4.00. The average Bonchev–Trinajstić information content (AvgIpc) is 2.36. The van der Waals surface area contributed by atoms with Crippen LogP contribution in [0.5, 0.6) is 5.75 Å². The van der Waals surface area contributed by atoms with Gasteiger partial charge in [-0.1, -0.05) is 6.07 Å². The third kappa shape index (κ3) is 4.44. The Balaban J connectivity index is 3.01. The smallest absolute Gasteiger partial charge is 0.328 e. The van der Waals surface area contributed by atoms with Crippen molar-refractivity contribution in [3.63, 3.8) is 0 Å². The lowest BCUT2D eigenvalue weighted by molar-refractivity contribution is -0.138. The standard InChI is InChI=1S/C13H15NO5/c1-19-11-4-2-8(7-10(14)13(17)18)6-9(11)3-5-12(15)16/h2-6,10H,7,14H2,1H3,(H,15,16)(H,17,18)/b5-3+. The summed E-state index contributed by atoms with van der Waals surface area (Å²) in [5.74, 6) is -1.65. The number of methoxy groups -OCH3 is 1. The van der Waals surface area contributed by atoms with E-state index in [0.717, 1.165) is 6.08 Å². The molecular formula is C13H15NO5. The summed E-state index contributed by atoms with van der Waals surface area (Å²) in [6.45, 7) is 0. The van der Waals surface area contributed by atoms with Crippen LogP contribution in [-0.2, 0) is 16.0 Å². The minimum atomic E-state index is -1.08. The Kier molecular flexibility index (Phi) is 5.08. The van der Waals surface area contributed by atoms with Crippen LogP contribution in [0, 0.1) is 0 Å². The van der Waals surface area contributed by atoms with Crippen molar-refractivity contribution in [2.24, 2.45) is 5.73 Å². The molecule has 0 aliphatic carbocycles. The molecule has 1 aromatic rings. The maximum Gasteiger partial charge on any atom is 0.328 e. The number of rotatable bonds is 6. The molecule has 0 saturated heterocycles. The Morgan fingerprint density at radius 2 is 2.11 bits per heavy atom. The number of carbonyl (C=O) groups is 2. The Labute approximate surface area is 110 Å². The molecule has 0 radical (unpaired) electrons. The molecule has 1 atom stereocenters. The highest BCUT2D eigenvalue weighted by molar-refractivity contribution is 5.86. The number of aliphatic carboxylic acids is 2. The minimum Gasteiger partial charge on any atom is -0.496 e. The van der Waals surface area contributed by atoms with Gasteiger partial charge in [0.1, 0.15) is 11.8 Å². The van der Waals surface area contributed by atoms with Gasteiger partial charge in [0, 0.05) is 11.6 Å². The zero-order chi connectivity index (χ0) is 14.4. The summed E-state index contributed by atoms with van der Waals surface area (Å²) in [5.41, 5.74) is 6.70. The second-order valence-electron chi connectivity index (χ2n) is 3.90. The second kappa shape index (κ2) is 6.55. The molecule has 1 rings (SSSR count). The van der Waals surface area contributed by atoms with Crippen molar-refractivity contribution in [3.8, 4) is 5.75 Å². The van der Waals surface area contributed by atoms with Gasteiger partial charge in [-0.3, -0.25) is 4.79 Å². The molecule has 0 fully saturated rings. The maximum atomic E-state index is 10.7. The van der Waals surface area contributed by atoms with Crippen molar-refractivity contribution in [3.05, 3.63) is 35.4 Å². The van der Waals surface area contributed by atoms with Gasteiger partial charge in [0.2, 0.25) is 0 Å². The van der Waals surface area contributed by atoms with Crippen molar-refractivity contribution in [2.75, 3.05) is 7.11 Å². The third-order valence-electron chi connectivity index (χ3n) is 2.47. The van der Waals surface area contributed by atoms with Crippen LogP contribution in [0.2, 0.25) is 0 Å². The van der Waals surface area contributed by atoms with Crippen molar-refractivity contribution in [1.82, 2.24) is 0 Å². The van der Waals surface area contributed by atoms with Gasteiger partial charge in [-0.15, -0.1) is 0 Å². The van der Waals surface area contributed by atoms with Crippen LogP contribution in [0.3, 0.4) is 0 Å². The second-order valence-corrected chi connectivity index (χ2v) is 3.90. The molecule has 0 aromatic heterocycles. The van der Waals surface area contributed by atoms with Crippen molar-refractivity contribution in [1.29, 1.82) is 0 Å². The molecule has 6 heteroatoms. The summed E-state index contributed by atoms with van der Waals surface area (Å²) in [4.78, 5) is 21.2. The average molecular weight is 265 g/mol. The molecular weight excluding hydrogens is 250 g/mol. The Morgan fingerprint density at radius 3 is 2.63 bits per heavy atom. The van der Waals surface area contributed by atoms with E-state index in [2.05, 4.69) is 0 Å². The first kappa shape index (κ1) is 14.7. The van der Waals surface area contributed by atoms with Crippen molar-refractivity contribution >= 4 is 18.0 Å². The first-order valence-electron chi connectivity index (χ1n) is 5.50. The fourth-order valence-corrected chi connectivity index (χ4v) is 1.54. The highest BCUT2D eigenvalue weighted by Gasteiger charge is 2.13. The fourth-order valence-electron chi connectivity index (χ4n) is 1.54. The number of hydrogen-bond acceptors (Lipinski definition) is 4. The Morgan fingerprint density at radius 1 is 1.42 bits per heavy atom. The lowest BCUT2D eigenvalue weighted by Gasteiger charge is -2.10. The van der Waals surface area contributed by atoms with E-state index >= 15 is 0 Å². The van der Waals surface area contributed by atoms with Crippen LogP contribution in [0.1, 0.15) is 11.1 Å². The maximum absolute atomic E-state index is 10.7. The monoisotopic (exact) mass is 265 g/mol. The van der Waals surface area contributed by atoms with Gasteiger partial charge in [-0.05, 0) is 30.2 Å². The molecule has 0 heterocycles. The van der Waals surface area contributed by atoms with Crippen LogP contribution in [0.25, 0.3) is 6.08 Å². The first-order chi connectivity index (χ1) is 8.93. The summed E-state index contributed by atoms with van der Waals surface area (Å²) in [7, 11) is 1.47. The van der Waals surface area contributed by atoms with Gasteiger partial charge in [-0.25, -0.2) is 4.79 Å². The van der Waals surface area contributed by atoms with Crippen LogP contribution in [0.4, 0.5) is 0 Å². The fraction of sp³-hybridized carbons (Fsp3) is 0.231. The number of ether oxygens (including phenoxy) is 1. The predicted molar refractivity (Wildman–Crippen MR) is 69.0 cm³/mol. The normalized spacial score (nSPS) is 12.3. The quantitative estimate of drug-likeness (QED) is 0.655. The van der Waals surface area contributed by atoms with Crippen LogP contribution >= 0.6 is 0 Å². The number of benzene rings is 1. The molecule has 0 spiro atoms. The van der Waals surface area contributed by atoms with Crippen LogP contribution < -0.4 is 10.5 Å². The summed E-state index contributed by atoms with van der Waals surface area (Å²) >= 11 is 0. The third-order valence-corrected chi connectivity index (χ3v) is 2.47. The van der Waals surface area contributed by atoms with Gasteiger partial charge in [-0.2, -0.15) is 0 Å². The zero-order valence-corrected chi connectivity index (χ0v) is 10.4. The lowest BCUT2D eigenvalue weighted by Crippen LogP contribution is -2.32. The van der Waals surface area contributed by atoms with Gasteiger partial charge < -0.3 is 20.7 Å². The number of carboxylic acids is 2. The van der Waals surface area contributed by atoms with Crippen molar-refractivity contribution in [2.45, 2.75) is 12.5 Å². The van der Waals surface area contributed by atoms with Crippen LogP contribution in [-0.4, -0.2) is 35.3 Å². The molecule has 6 nitrogen and oxygen atoms in total. The highest BCUT2D eigenvalue weighted by atomic mass is 16.5. The van der Waals surface area contributed by atoms with Gasteiger partial charge >= 0.3 is 11.9 Å². The Hall–Kier alpha value is -2.34. The summed E-state index contributed by atoms with van der Waals surface area (Å²) in [5, 5.41) is 17.3. The Bertz CT molecular complexity index is 510. The van der Waals surface area contributed by atoms with E-state index in [1.54, 1.807) is 18.2 Å². The van der Waals surface area contributed by atoms with Gasteiger partial charge in [0.05, 0.1) is 7.11 Å². The number of carboxylic acid groups (broad SMARTS) is 2. The van der Waals surface area contributed by atoms with E-state index in [9.17, 15) is 9.59 Å². The molecule has 0 amide bonds. The lowest BCUT2D eigenvalue weighted by atomic mass is 10.0. The van der Waals surface area contributed by atoms with E-state index in [4.69, 9.17) is 20.7 Å².